The summed E-state index contributed by atoms with van der Waals surface area (Å²) in [7, 11) is -3.72. The molecule has 136 valence electrons. The van der Waals surface area contributed by atoms with E-state index in [4.69, 9.17) is 0 Å². The zero-order valence-electron chi connectivity index (χ0n) is 14.0. The lowest BCUT2D eigenvalue weighted by molar-refractivity contribution is -0.114. The molecule has 3 rings (SSSR count). The minimum Gasteiger partial charge on any atom is -0.310 e. The Labute approximate surface area is 169 Å². The highest BCUT2D eigenvalue weighted by atomic mass is 127. The van der Waals surface area contributed by atoms with E-state index in [1.165, 1.54) is 18.5 Å². The summed E-state index contributed by atoms with van der Waals surface area (Å²) in [6, 6.07) is 10.4. The quantitative estimate of drug-likeness (QED) is 0.403. The molecule has 26 heavy (non-hydrogen) atoms. The third kappa shape index (κ3) is 3.84. The summed E-state index contributed by atoms with van der Waals surface area (Å²) >= 11 is 3.46. The van der Waals surface area contributed by atoms with Crippen molar-refractivity contribution < 1.29 is 13.2 Å². The third-order valence-corrected chi connectivity index (χ3v) is 7.02. The predicted octanol–water partition coefficient (Wildman–Crippen LogP) is 4.30. The van der Waals surface area contributed by atoms with Gasteiger partial charge in [0.1, 0.15) is 0 Å². The number of carbonyl (C=O) groups excluding carboxylic acids is 1. The lowest BCUT2D eigenvalue weighted by Crippen LogP contribution is -2.15. The molecule has 0 bridgehead atoms. The van der Waals surface area contributed by atoms with E-state index in [1.54, 1.807) is 30.3 Å². The number of hydrogen-bond donors (Lipinski definition) is 2. The van der Waals surface area contributed by atoms with Crippen molar-refractivity contribution >= 4 is 71.6 Å². The maximum absolute atomic E-state index is 12.8. The highest BCUT2D eigenvalue weighted by Crippen LogP contribution is 2.31. The monoisotopic (exact) mass is 501 g/mol. The maximum Gasteiger partial charge on any atom is 0.262 e. The average molecular weight is 501 g/mol. The van der Waals surface area contributed by atoms with E-state index in [9.17, 15) is 13.2 Å². The molecule has 0 radical (unpaired) electrons. The van der Waals surface area contributed by atoms with Crippen molar-refractivity contribution in [2.75, 3.05) is 10.0 Å². The third-order valence-electron chi connectivity index (χ3n) is 3.85. The van der Waals surface area contributed by atoms with Gasteiger partial charge in [-0.3, -0.25) is 9.52 Å². The molecule has 0 aliphatic heterocycles. The molecule has 1 amide bonds. The van der Waals surface area contributed by atoms with Gasteiger partial charge in [0.2, 0.25) is 5.91 Å². The van der Waals surface area contributed by atoms with Crippen molar-refractivity contribution in [3.8, 4) is 0 Å². The molecule has 0 aliphatic rings. The van der Waals surface area contributed by atoms with E-state index in [1.807, 2.05) is 13.0 Å². The molecule has 1 aromatic heterocycles. The number of nitrogens with one attached hydrogen (secondary N) is 2. The van der Waals surface area contributed by atoms with Crippen LogP contribution in [0.25, 0.3) is 10.1 Å². The summed E-state index contributed by atoms with van der Waals surface area (Å²) in [5.41, 5.74) is 2.15. The first-order valence-electron chi connectivity index (χ1n) is 7.66. The van der Waals surface area contributed by atoms with Crippen LogP contribution in [0, 0.1) is 6.92 Å². The minimum absolute atomic E-state index is 0.227. The Bertz CT molecular complexity index is 1090. The van der Waals surface area contributed by atoms with Crippen molar-refractivity contribution in [1.29, 1.82) is 0 Å². The van der Waals surface area contributed by atoms with Crippen LogP contribution in [0.3, 0.4) is 0 Å². The smallest absolute Gasteiger partial charge is 0.262 e. The van der Waals surface area contributed by atoms with E-state index < -0.39 is 10.0 Å². The van der Waals surface area contributed by atoms with Crippen LogP contribution < -0.4 is 10.0 Å². The molecule has 1 heterocycles. The first-order chi connectivity index (χ1) is 12.3. The van der Waals surface area contributed by atoms with Crippen LogP contribution in [-0.2, 0) is 19.2 Å². The lowest BCUT2D eigenvalue weighted by Gasteiger charge is -2.12. The van der Waals surface area contributed by atoms with Crippen molar-refractivity contribution in [3.05, 3.63) is 47.5 Å². The van der Waals surface area contributed by atoms with Gasteiger partial charge in [0.05, 0.1) is 9.60 Å². The van der Waals surface area contributed by atoms with Gasteiger partial charge in [-0.25, -0.2) is 8.42 Å². The van der Waals surface area contributed by atoms with E-state index in [0.717, 1.165) is 20.3 Å². The Morgan fingerprint density at radius 3 is 2.73 bits per heavy atom. The molecule has 3 aromatic rings. The van der Waals surface area contributed by atoms with Crippen LogP contribution in [0.15, 0.2) is 41.3 Å². The summed E-state index contributed by atoms with van der Waals surface area (Å²) in [6.07, 6.45) is 0. The molecular formula is C17H16IN3O3S2. The number of nitrogens with zero attached hydrogens (tertiary/aromatic N) is 1. The number of sulfonamides is 1. The SMILES string of the molecule is CC(=O)Nc1nsc2ccc(NS(=O)(=O)c3cccc(CI)c3C)cc12. The van der Waals surface area contributed by atoms with Crippen LogP contribution in [0.4, 0.5) is 11.5 Å². The van der Waals surface area contributed by atoms with Crippen molar-refractivity contribution in [2.45, 2.75) is 23.2 Å². The van der Waals surface area contributed by atoms with Gasteiger partial charge in [0.25, 0.3) is 10.0 Å². The standard InChI is InChI=1S/C17H16IN3O3S2/c1-10-12(9-18)4-3-5-16(10)26(23,24)21-13-6-7-15-14(8-13)17(20-25-15)19-11(2)22/h3-8,21H,9H2,1-2H3,(H,19,20,22). The molecule has 2 aromatic carbocycles. The number of alkyl halides is 1. The normalized spacial score (nSPS) is 11.5. The Morgan fingerprint density at radius 1 is 1.27 bits per heavy atom. The number of carbonyl (C=O) groups is 1. The highest BCUT2D eigenvalue weighted by Gasteiger charge is 2.19. The van der Waals surface area contributed by atoms with E-state index in [-0.39, 0.29) is 10.8 Å². The molecule has 0 unspecified atom stereocenters. The molecule has 0 aliphatic carbocycles. The first-order valence-corrected chi connectivity index (χ1v) is 11.4. The average Bonchev–Trinajstić information content (AvgIpc) is 2.96. The van der Waals surface area contributed by atoms with Crippen LogP contribution in [0.5, 0.6) is 0 Å². The van der Waals surface area contributed by atoms with Gasteiger partial charge in [0, 0.05) is 22.4 Å². The number of amides is 1. The zero-order chi connectivity index (χ0) is 18.9. The van der Waals surface area contributed by atoms with Crippen LogP contribution >= 0.6 is 34.1 Å². The second kappa shape index (κ2) is 7.49. The molecule has 0 spiro atoms. The second-order valence-corrected chi connectivity index (χ2v) is 8.92. The number of halogens is 1. The summed E-state index contributed by atoms with van der Waals surface area (Å²) in [5, 5.41) is 3.35. The molecule has 6 nitrogen and oxygen atoms in total. The van der Waals surface area contributed by atoms with Gasteiger partial charge in [-0.15, -0.1) is 0 Å². The van der Waals surface area contributed by atoms with Crippen LogP contribution in [0.2, 0.25) is 0 Å². The number of hydrogen-bond acceptors (Lipinski definition) is 5. The molecule has 0 fully saturated rings. The summed E-state index contributed by atoms with van der Waals surface area (Å²) < 4.78 is 34.1. The second-order valence-electron chi connectivity index (χ2n) is 5.70. The fourth-order valence-electron chi connectivity index (χ4n) is 2.56. The van der Waals surface area contributed by atoms with E-state index in [0.29, 0.717) is 16.9 Å². The fourth-order valence-corrected chi connectivity index (χ4v) is 5.45. The highest BCUT2D eigenvalue weighted by molar-refractivity contribution is 14.1. The Morgan fingerprint density at radius 2 is 2.04 bits per heavy atom. The van der Waals surface area contributed by atoms with E-state index >= 15 is 0 Å². The van der Waals surface area contributed by atoms with Gasteiger partial charge < -0.3 is 5.32 Å². The number of fused-ring (bicyclic) bond motifs is 1. The molecule has 0 saturated carbocycles. The molecule has 2 N–H and O–H groups in total. The number of anilines is 2. The minimum atomic E-state index is -3.72. The van der Waals surface area contributed by atoms with Crippen LogP contribution in [0.1, 0.15) is 18.1 Å². The van der Waals surface area contributed by atoms with Gasteiger partial charge in [-0.1, -0.05) is 34.7 Å². The van der Waals surface area contributed by atoms with Gasteiger partial charge in [-0.05, 0) is 53.8 Å². The fraction of sp³-hybridized carbons (Fsp3) is 0.176. The zero-order valence-corrected chi connectivity index (χ0v) is 17.8. The van der Waals surface area contributed by atoms with Gasteiger partial charge in [-0.2, -0.15) is 4.37 Å². The number of aromatic nitrogens is 1. The predicted molar refractivity (Wildman–Crippen MR) is 114 cm³/mol. The van der Waals surface area contributed by atoms with Crippen LogP contribution in [-0.4, -0.2) is 18.7 Å². The Hall–Kier alpha value is -1.72. The van der Waals surface area contributed by atoms with Crippen molar-refractivity contribution in [1.82, 2.24) is 4.37 Å². The van der Waals surface area contributed by atoms with Crippen molar-refractivity contribution in [3.63, 3.8) is 0 Å². The van der Waals surface area contributed by atoms with Gasteiger partial charge in [0.15, 0.2) is 5.82 Å². The largest absolute Gasteiger partial charge is 0.310 e. The maximum atomic E-state index is 12.8. The number of rotatable bonds is 5. The van der Waals surface area contributed by atoms with Gasteiger partial charge >= 0.3 is 0 Å². The topological polar surface area (TPSA) is 88.2 Å². The Kier molecular flexibility index (Phi) is 5.49. The summed E-state index contributed by atoms with van der Waals surface area (Å²) in [5.74, 6) is 0.205. The van der Waals surface area contributed by atoms with Crippen molar-refractivity contribution in [2.24, 2.45) is 0 Å². The summed E-state index contributed by atoms with van der Waals surface area (Å²) in [6.45, 7) is 3.21. The molecule has 0 saturated heterocycles. The molecule has 9 heteroatoms. The number of benzene rings is 2. The molecular weight excluding hydrogens is 485 g/mol. The lowest BCUT2D eigenvalue weighted by atomic mass is 10.1. The van der Waals surface area contributed by atoms with E-state index in [2.05, 4.69) is 37.0 Å². The first kappa shape index (κ1) is 19.1. The summed E-state index contributed by atoms with van der Waals surface area (Å²) in [4.78, 5) is 11.6. The Balaban J connectivity index is 1.98. The molecule has 0 atom stereocenters.